The number of aromatic nitrogens is 3. The van der Waals surface area contributed by atoms with E-state index in [1.807, 2.05) is 24.7 Å². The Hall–Kier alpha value is -2.50. The number of fused-ring (bicyclic) bond motifs is 1. The Morgan fingerprint density at radius 2 is 2.35 bits per heavy atom. The normalized spacial score (nSPS) is 14.8. The molecule has 102 valence electrons. The monoisotopic (exact) mass is 270 g/mol. The average Bonchev–Trinajstić information content (AvgIpc) is 3.05. The van der Waals surface area contributed by atoms with Gasteiger partial charge in [-0.1, -0.05) is 0 Å². The molecule has 0 atom stereocenters. The summed E-state index contributed by atoms with van der Waals surface area (Å²) in [5, 5.41) is 3.35. The van der Waals surface area contributed by atoms with E-state index >= 15 is 0 Å². The van der Waals surface area contributed by atoms with E-state index in [1.54, 1.807) is 6.07 Å². The number of anilines is 1. The van der Waals surface area contributed by atoms with Crippen LogP contribution in [0, 0.1) is 0 Å². The summed E-state index contributed by atoms with van der Waals surface area (Å²) in [4.78, 5) is 18.0. The van der Waals surface area contributed by atoms with Gasteiger partial charge in [-0.3, -0.25) is 4.98 Å². The summed E-state index contributed by atoms with van der Waals surface area (Å²) in [6.07, 6.45) is 6.27. The maximum atomic E-state index is 11.1. The van der Waals surface area contributed by atoms with Crippen LogP contribution in [0.25, 0.3) is 11.1 Å². The molecule has 0 bridgehead atoms. The third kappa shape index (κ3) is 1.99. The van der Waals surface area contributed by atoms with Crippen LogP contribution < -0.4 is 11.1 Å². The number of hydrogen-bond donors (Lipinski definition) is 2. The predicted octanol–water partition coefficient (Wildman–Crippen LogP) is 2.26. The Labute approximate surface area is 114 Å². The van der Waals surface area contributed by atoms with Crippen molar-refractivity contribution in [3.05, 3.63) is 47.0 Å². The van der Waals surface area contributed by atoms with Crippen molar-refractivity contribution in [3.63, 3.8) is 0 Å². The topological polar surface area (TPSA) is 75.8 Å². The first kappa shape index (κ1) is 11.3. The summed E-state index contributed by atoms with van der Waals surface area (Å²) in [5.74, 6) is -0.427. The molecular formula is C14H14N4O2. The second-order valence-corrected chi connectivity index (χ2v) is 5.10. The highest BCUT2D eigenvalue weighted by molar-refractivity contribution is 5.76. The average molecular weight is 270 g/mol. The van der Waals surface area contributed by atoms with Crippen LogP contribution in [-0.4, -0.2) is 14.5 Å². The molecule has 2 N–H and O–H groups in total. The summed E-state index contributed by atoms with van der Waals surface area (Å²) in [7, 11) is 0. The lowest BCUT2D eigenvalue weighted by molar-refractivity contribution is 0.555. The molecular weight excluding hydrogens is 256 g/mol. The smallest absolute Gasteiger partial charge is 0.408 e. The molecule has 0 spiro atoms. The van der Waals surface area contributed by atoms with E-state index < -0.39 is 5.76 Å². The van der Waals surface area contributed by atoms with Gasteiger partial charge < -0.3 is 14.3 Å². The fourth-order valence-electron chi connectivity index (χ4n) is 2.41. The molecule has 1 aromatic carbocycles. The summed E-state index contributed by atoms with van der Waals surface area (Å²) < 4.78 is 7.21. The Balaban J connectivity index is 1.54. The Morgan fingerprint density at radius 1 is 1.45 bits per heavy atom. The van der Waals surface area contributed by atoms with Crippen molar-refractivity contribution >= 4 is 16.8 Å². The van der Waals surface area contributed by atoms with Crippen LogP contribution in [0.1, 0.15) is 24.6 Å². The van der Waals surface area contributed by atoms with Crippen LogP contribution in [0.2, 0.25) is 0 Å². The summed E-state index contributed by atoms with van der Waals surface area (Å²) in [6, 6.07) is 6.19. The molecule has 6 heteroatoms. The number of oxazole rings is 1. The van der Waals surface area contributed by atoms with E-state index in [9.17, 15) is 4.79 Å². The first-order chi connectivity index (χ1) is 9.79. The number of aromatic amines is 1. The summed E-state index contributed by atoms with van der Waals surface area (Å²) in [6.45, 7) is 0.712. The van der Waals surface area contributed by atoms with Crippen molar-refractivity contribution in [2.24, 2.45) is 0 Å². The van der Waals surface area contributed by atoms with Gasteiger partial charge in [-0.25, -0.2) is 9.78 Å². The van der Waals surface area contributed by atoms with Gasteiger partial charge in [0.05, 0.1) is 24.1 Å². The van der Waals surface area contributed by atoms with Gasteiger partial charge >= 0.3 is 5.76 Å². The second-order valence-electron chi connectivity index (χ2n) is 5.10. The number of imidazole rings is 1. The maximum Gasteiger partial charge on any atom is 0.417 e. The molecule has 6 nitrogen and oxygen atoms in total. The van der Waals surface area contributed by atoms with Crippen molar-refractivity contribution in [2.75, 3.05) is 5.32 Å². The first-order valence-electron chi connectivity index (χ1n) is 6.67. The fraction of sp³-hybridized carbons (Fsp3) is 0.286. The maximum absolute atomic E-state index is 11.1. The van der Waals surface area contributed by atoms with E-state index in [2.05, 4.69) is 19.9 Å². The molecule has 2 heterocycles. The molecule has 3 aromatic rings. The first-order valence-corrected chi connectivity index (χ1v) is 6.67. The van der Waals surface area contributed by atoms with Gasteiger partial charge in [0.25, 0.3) is 0 Å². The van der Waals surface area contributed by atoms with Gasteiger partial charge in [0, 0.05) is 17.9 Å². The highest BCUT2D eigenvalue weighted by Crippen LogP contribution is 2.35. The van der Waals surface area contributed by atoms with Crippen LogP contribution in [0.5, 0.6) is 0 Å². The molecule has 0 aliphatic heterocycles. The minimum absolute atomic E-state index is 0.427. The quantitative estimate of drug-likeness (QED) is 0.762. The van der Waals surface area contributed by atoms with Gasteiger partial charge in [-0.2, -0.15) is 0 Å². The number of rotatable bonds is 4. The van der Waals surface area contributed by atoms with Crippen LogP contribution >= 0.6 is 0 Å². The number of benzene rings is 1. The molecule has 0 amide bonds. The zero-order valence-corrected chi connectivity index (χ0v) is 10.8. The Kier molecular flexibility index (Phi) is 2.42. The molecule has 1 aliphatic carbocycles. The van der Waals surface area contributed by atoms with E-state index in [1.165, 1.54) is 18.5 Å². The summed E-state index contributed by atoms with van der Waals surface area (Å²) in [5.41, 5.74) is 3.39. The Bertz CT molecular complexity index is 810. The number of H-pyrrole nitrogens is 1. The molecule has 0 unspecified atom stereocenters. The third-order valence-electron chi connectivity index (χ3n) is 3.58. The van der Waals surface area contributed by atoms with E-state index in [-0.39, 0.29) is 0 Å². The minimum atomic E-state index is -0.427. The molecule has 1 saturated carbocycles. The van der Waals surface area contributed by atoms with Crippen LogP contribution in [0.15, 0.2) is 39.9 Å². The van der Waals surface area contributed by atoms with Gasteiger partial charge in [-0.15, -0.1) is 0 Å². The standard InChI is InChI=1S/C14H14N4O2/c19-14-17-12-5-9(1-4-13(12)20-14)16-7-11-6-15-8-18(11)10-2-3-10/h1,4-6,8,10,16H,2-3,7H2,(H,17,19). The molecule has 0 radical (unpaired) electrons. The van der Waals surface area contributed by atoms with Gasteiger partial charge in [0.2, 0.25) is 0 Å². The SMILES string of the molecule is O=c1[nH]c2cc(NCc3cncn3C3CC3)ccc2o1. The molecule has 1 fully saturated rings. The van der Waals surface area contributed by atoms with Gasteiger partial charge in [0.1, 0.15) is 0 Å². The van der Waals surface area contributed by atoms with Crippen molar-refractivity contribution in [3.8, 4) is 0 Å². The highest BCUT2D eigenvalue weighted by atomic mass is 16.4. The molecule has 20 heavy (non-hydrogen) atoms. The van der Waals surface area contributed by atoms with Crippen molar-refractivity contribution in [1.29, 1.82) is 0 Å². The molecule has 0 saturated heterocycles. The van der Waals surface area contributed by atoms with Crippen LogP contribution in [0.3, 0.4) is 0 Å². The number of nitrogens with one attached hydrogen (secondary N) is 2. The number of nitrogens with zero attached hydrogens (tertiary/aromatic N) is 2. The van der Waals surface area contributed by atoms with E-state index in [0.717, 1.165) is 5.69 Å². The highest BCUT2D eigenvalue weighted by Gasteiger charge is 2.24. The third-order valence-corrected chi connectivity index (χ3v) is 3.58. The Morgan fingerprint density at radius 3 is 3.20 bits per heavy atom. The minimum Gasteiger partial charge on any atom is -0.408 e. The van der Waals surface area contributed by atoms with Crippen LogP contribution in [-0.2, 0) is 6.54 Å². The zero-order valence-electron chi connectivity index (χ0n) is 10.8. The van der Waals surface area contributed by atoms with Gasteiger partial charge in [-0.05, 0) is 31.0 Å². The lowest BCUT2D eigenvalue weighted by atomic mass is 10.3. The second kappa shape index (κ2) is 4.26. The molecule has 4 rings (SSSR count). The number of hydrogen-bond acceptors (Lipinski definition) is 4. The van der Waals surface area contributed by atoms with Crippen LogP contribution in [0.4, 0.5) is 5.69 Å². The lowest BCUT2D eigenvalue weighted by Gasteiger charge is -2.09. The zero-order chi connectivity index (χ0) is 13.5. The van der Waals surface area contributed by atoms with Gasteiger partial charge in [0.15, 0.2) is 5.58 Å². The van der Waals surface area contributed by atoms with E-state index in [0.29, 0.717) is 23.7 Å². The molecule has 2 aromatic heterocycles. The predicted molar refractivity (Wildman–Crippen MR) is 74.7 cm³/mol. The van der Waals surface area contributed by atoms with Crippen molar-refractivity contribution < 1.29 is 4.42 Å². The van der Waals surface area contributed by atoms with Crippen molar-refractivity contribution in [2.45, 2.75) is 25.4 Å². The lowest BCUT2D eigenvalue weighted by Crippen LogP contribution is -2.05. The van der Waals surface area contributed by atoms with E-state index in [4.69, 9.17) is 4.42 Å². The van der Waals surface area contributed by atoms with Crippen molar-refractivity contribution in [1.82, 2.24) is 14.5 Å². The molecule has 1 aliphatic rings. The largest absolute Gasteiger partial charge is 0.417 e. The fourth-order valence-corrected chi connectivity index (χ4v) is 2.41. The summed E-state index contributed by atoms with van der Waals surface area (Å²) >= 11 is 0.